The van der Waals surface area contributed by atoms with E-state index in [0.717, 1.165) is 50.5 Å². The average molecular weight is 291 g/mol. The van der Waals surface area contributed by atoms with Gasteiger partial charge in [0.25, 0.3) is 0 Å². The van der Waals surface area contributed by atoms with E-state index in [1.165, 1.54) is 0 Å². The lowest BCUT2D eigenvalue weighted by Gasteiger charge is -2.31. The Morgan fingerprint density at radius 2 is 2.05 bits per heavy atom. The summed E-state index contributed by atoms with van der Waals surface area (Å²) in [6, 6.07) is 2.00. The minimum atomic E-state index is -0.208. The van der Waals surface area contributed by atoms with Crippen molar-refractivity contribution in [3.05, 3.63) is 11.8 Å². The van der Waals surface area contributed by atoms with E-state index in [1.54, 1.807) is 0 Å². The molecule has 114 valence electrons. The van der Waals surface area contributed by atoms with Gasteiger partial charge in [-0.3, -0.25) is 4.79 Å². The molecule has 1 aromatic heterocycles. The number of anilines is 2. The molecule has 1 aromatic rings. The van der Waals surface area contributed by atoms with Gasteiger partial charge in [-0.1, -0.05) is 0 Å². The van der Waals surface area contributed by atoms with E-state index in [0.29, 0.717) is 18.5 Å². The predicted molar refractivity (Wildman–Crippen MR) is 78.8 cm³/mol. The number of rotatable bonds is 3. The molecule has 2 saturated heterocycles. The van der Waals surface area contributed by atoms with Crippen LogP contribution in [0.4, 0.5) is 11.8 Å². The van der Waals surface area contributed by atoms with E-state index in [2.05, 4.69) is 14.9 Å². The van der Waals surface area contributed by atoms with Crippen molar-refractivity contribution in [2.24, 2.45) is 11.7 Å². The van der Waals surface area contributed by atoms with Crippen molar-refractivity contribution in [2.75, 3.05) is 36.9 Å². The Kier molecular flexibility index (Phi) is 3.92. The van der Waals surface area contributed by atoms with E-state index in [9.17, 15) is 4.79 Å². The number of piperidine rings is 1. The molecular weight excluding hydrogens is 270 g/mol. The third-order valence-electron chi connectivity index (χ3n) is 4.32. The molecule has 1 atom stereocenters. The molecule has 0 aromatic carbocycles. The molecule has 1 amide bonds. The van der Waals surface area contributed by atoms with Crippen molar-refractivity contribution in [2.45, 2.75) is 25.2 Å². The van der Waals surface area contributed by atoms with Crippen molar-refractivity contribution >= 4 is 17.7 Å². The second-order valence-electron chi connectivity index (χ2n) is 5.73. The topological polar surface area (TPSA) is 107 Å². The molecule has 4 N–H and O–H groups in total. The summed E-state index contributed by atoms with van der Waals surface area (Å²) < 4.78 is 5.41. The zero-order chi connectivity index (χ0) is 14.8. The summed E-state index contributed by atoms with van der Waals surface area (Å²) in [5.74, 6) is 1.21. The molecule has 3 heterocycles. The molecular formula is C14H21N5O2. The standard InChI is InChI=1S/C14H21N5O2/c15-13(20)9-1-4-19(5-2-9)12-7-11(17-14(16)18-12)10-3-6-21-8-10/h7,9-10H,1-6,8H2,(H2,15,20)(H2,16,17,18). The summed E-state index contributed by atoms with van der Waals surface area (Å²) in [4.78, 5) is 22.0. The first-order valence-electron chi connectivity index (χ1n) is 7.40. The van der Waals surface area contributed by atoms with Gasteiger partial charge in [-0.2, -0.15) is 4.98 Å². The van der Waals surface area contributed by atoms with Crippen molar-refractivity contribution in [3.63, 3.8) is 0 Å². The average Bonchev–Trinajstić information content (AvgIpc) is 3.01. The van der Waals surface area contributed by atoms with Gasteiger partial charge in [0, 0.05) is 37.6 Å². The van der Waals surface area contributed by atoms with E-state index < -0.39 is 0 Å². The fourth-order valence-corrected chi connectivity index (χ4v) is 3.00. The summed E-state index contributed by atoms with van der Waals surface area (Å²) in [5.41, 5.74) is 12.2. The fourth-order valence-electron chi connectivity index (χ4n) is 3.00. The fraction of sp³-hybridized carbons (Fsp3) is 0.643. The Balaban J connectivity index is 1.74. The molecule has 0 bridgehead atoms. The van der Waals surface area contributed by atoms with Crippen LogP contribution in [-0.4, -0.2) is 42.2 Å². The lowest BCUT2D eigenvalue weighted by molar-refractivity contribution is -0.122. The van der Waals surface area contributed by atoms with Crippen molar-refractivity contribution < 1.29 is 9.53 Å². The number of carbonyl (C=O) groups excluding carboxylic acids is 1. The number of nitrogen functional groups attached to an aromatic ring is 1. The number of amides is 1. The highest BCUT2D eigenvalue weighted by atomic mass is 16.5. The van der Waals surface area contributed by atoms with Crippen LogP contribution in [0.25, 0.3) is 0 Å². The van der Waals surface area contributed by atoms with Gasteiger partial charge in [-0.15, -0.1) is 0 Å². The highest BCUT2D eigenvalue weighted by Crippen LogP contribution is 2.28. The molecule has 0 aliphatic carbocycles. The zero-order valence-corrected chi connectivity index (χ0v) is 12.0. The first-order valence-corrected chi connectivity index (χ1v) is 7.40. The van der Waals surface area contributed by atoms with Crippen LogP contribution in [0, 0.1) is 5.92 Å². The van der Waals surface area contributed by atoms with E-state index in [-0.39, 0.29) is 11.8 Å². The Hall–Kier alpha value is -1.89. The molecule has 2 fully saturated rings. The lowest BCUT2D eigenvalue weighted by atomic mass is 9.96. The summed E-state index contributed by atoms with van der Waals surface area (Å²) in [5, 5.41) is 0. The van der Waals surface area contributed by atoms with Crippen LogP contribution in [0.5, 0.6) is 0 Å². The highest BCUT2D eigenvalue weighted by Gasteiger charge is 2.26. The van der Waals surface area contributed by atoms with Crippen LogP contribution < -0.4 is 16.4 Å². The van der Waals surface area contributed by atoms with Crippen molar-refractivity contribution in [1.29, 1.82) is 0 Å². The monoisotopic (exact) mass is 291 g/mol. The van der Waals surface area contributed by atoms with Crippen LogP contribution in [0.2, 0.25) is 0 Å². The second kappa shape index (κ2) is 5.85. The van der Waals surface area contributed by atoms with Gasteiger partial charge < -0.3 is 21.1 Å². The number of nitrogens with two attached hydrogens (primary N) is 2. The largest absolute Gasteiger partial charge is 0.381 e. The number of ether oxygens (including phenoxy) is 1. The Bertz CT molecular complexity index is 522. The molecule has 21 heavy (non-hydrogen) atoms. The predicted octanol–water partition coefficient (Wildman–Crippen LogP) is 0.264. The number of hydrogen-bond acceptors (Lipinski definition) is 6. The quantitative estimate of drug-likeness (QED) is 0.827. The van der Waals surface area contributed by atoms with Crippen LogP contribution in [0.15, 0.2) is 6.07 Å². The number of hydrogen-bond donors (Lipinski definition) is 2. The Morgan fingerprint density at radius 1 is 1.29 bits per heavy atom. The molecule has 0 saturated carbocycles. The minimum Gasteiger partial charge on any atom is -0.381 e. The highest BCUT2D eigenvalue weighted by molar-refractivity contribution is 5.77. The van der Waals surface area contributed by atoms with Crippen LogP contribution >= 0.6 is 0 Å². The van der Waals surface area contributed by atoms with Gasteiger partial charge in [-0.05, 0) is 19.3 Å². The summed E-state index contributed by atoms with van der Waals surface area (Å²) >= 11 is 0. The SMILES string of the molecule is NC(=O)C1CCN(c2cc(C3CCOC3)nc(N)n2)CC1. The maximum Gasteiger partial charge on any atom is 0.222 e. The Morgan fingerprint density at radius 3 is 2.67 bits per heavy atom. The molecule has 1 unspecified atom stereocenters. The van der Waals surface area contributed by atoms with Gasteiger partial charge >= 0.3 is 0 Å². The van der Waals surface area contributed by atoms with Gasteiger partial charge in [0.15, 0.2) is 0 Å². The molecule has 0 spiro atoms. The van der Waals surface area contributed by atoms with Gasteiger partial charge in [0.2, 0.25) is 11.9 Å². The molecule has 2 aliphatic heterocycles. The molecule has 3 rings (SSSR count). The number of carbonyl (C=O) groups is 1. The number of nitrogens with zero attached hydrogens (tertiary/aromatic N) is 3. The smallest absolute Gasteiger partial charge is 0.222 e. The second-order valence-corrected chi connectivity index (χ2v) is 5.73. The first-order chi connectivity index (χ1) is 10.1. The van der Waals surface area contributed by atoms with Crippen LogP contribution in [0.3, 0.4) is 0 Å². The molecule has 7 nitrogen and oxygen atoms in total. The summed E-state index contributed by atoms with van der Waals surface area (Å²) in [7, 11) is 0. The number of aromatic nitrogens is 2. The van der Waals surface area contributed by atoms with Crippen LogP contribution in [-0.2, 0) is 9.53 Å². The summed E-state index contributed by atoms with van der Waals surface area (Å²) in [6.07, 6.45) is 2.50. The summed E-state index contributed by atoms with van der Waals surface area (Å²) in [6.45, 7) is 3.00. The Labute approximate surface area is 123 Å². The van der Waals surface area contributed by atoms with Gasteiger partial charge in [0.1, 0.15) is 5.82 Å². The van der Waals surface area contributed by atoms with E-state index in [1.807, 2.05) is 6.07 Å². The minimum absolute atomic E-state index is 0.0249. The zero-order valence-electron chi connectivity index (χ0n) is 12.0. The van der Waals surface area contributed by atoms with E-state index >= 15 is 0 Å². The lowest BCUT2D eigenvalue weighted by Crippen LogP contribution is -2.39. The van der Waals surface area contributed by atoms with Gasteiger partial charge in [0.05, 0.1) is 12.3 Å². The number of primary amides is 1. The normalized spacial score (nSPS) is 23.4. The maximum absolute atomic E-state index is 11.2. The van der Waals surface area contributed by atoms with Crippen LogP contribution in [0.1, 0.15) is 30.9 Å². The molecule has 7 heteroatoms. The van der Waals surface area contributed by atoms with Gasteiger partial charge in [-0.25, -0.2) is 4.98 Å². The molecule has 0 radical (unpaired) electrons. The first kappa shape index (κ1) is 14.1. The van der Waals surface area contributed by atoms with Crippen molar-refractivity contribution in [1.82, 2.24) is 9.97 Å². The maximum atomic E-state index is 11.2. The van der Waals surface area contributed by atoms with E-state index in [4.69, 9.17) is 16.2 Å². The molecule has 2 aliphatic rings. The van der Waals surface area contributed by atoms with Crippen molar-refractivity contribution in [3.8, 4) is 0 Å². The third kappa shape index (κ3) is 3.07. The third-order valence-corrected chi connectivity index (χ3v) is 4.32.